The summed E-state index contributed by atoms with van der Waals surface area (Å²) in [6.07, 6.45) is 0.815. The SMILES string of the molecule is Cc1nc(NC(=O)C2CCOC2)sc1C. The van der Waals surface area contributed by atoms with Gasteiger partial charge in [-0.3, -0.25) is 4.79 Å². The number of amides is 1. The predicted octanol–water partition coefficient (Wildman–Crippen LogP) is 1.73. The number of nitrogens with one attached hydrogen (secondary N) is 1. The van der Waals surface area contributed by atoms with E-state index in [4.69, 9.17) is 4.74 Å². The average Bonchev–Trinajstić information content (AvgIpc) is 2.77. The van der Waals surface area contributed by atoms with E-state index in [1.165, 1.54) is 11.3 Å². The number of anilines is 1. The number of aromatic nitrogens is 1. The molecule has 2 heterocycles. The number of carbonyl (C=O) groups excluding carboxylic acids is 1. The first-order valence-electron chi connectivity index (χ1n) is 4.99. The molecule has 1 fully saturated rings. The van der Waals surface area contributed by atoms with Gasteiger partial charge < -0.3 is 10.1 Å². The lowest BCUT2D eigenvalue weighted by molar-refractivity contribution is -0.119. The molecule has 1 aromatic rings. The van der Waals surface area contributed by atoms with E-state index in [1.807, 2.05) is 13.8 Å². The predicted molar refractivity (Wildman–Crippen MR) is 59.1 cm³/mol. The van der Waals surface area contributed by atoms with Crippen LogP contribution in [-0.4, -0.2) is 24.1 Å². The van der Waals surface area contributed by atoms with Crippen molar-refractivity contribution >= 4 is 22.4 Å². The Labute approximate surface area is 92.7 Å². The molecule has 0 radical (unpaired) electrons. The summed E-state index contributed by atoms with van der Waals surface area (Å²) in [5.74, 6) is 0.0239. The van der Waals surface area contributed by atoms with Crippen LogP contribution in [0.3, 0.4) is 0 Å². The van der Waals surface area contributed by atoms with E-state index in [9.17, 15) is 4.79 Å². The van der Waals surface area contributed by atoms with Gasteiger partial charge in [-0.05, 0) is 20.3 Å². The molecule has 0 aliphatic carbocycles. The van der Waals surface area contributed by atoms with Crippen molar-refractivity contribution in [2.75, 3.05) is 18.5 Å². The summed E-state index contributed by atoms with van der Waals surface area (Å²) >= 11 is 1.52. The number of hydrogen-bond donors (Lipinski definition) is 1. The average molecular weight is 226 g/mol. The molecule has 1 aliphatic heterocycles. The molecule has 1 aromatic heterocycles. The van der Waals surface area contributed by atoms with Crippen molar-refractivity contribution in [1.29, 1.82) is 0 Å². The van der Waals surface area contributed by atoms with E-state index < -0.39 is 0 Å². The van der Waals surface area contributed by atoms with Gasteiger partial charge >= 0.3 is 0 Å². The molecule has 5 heteroatoms. The van der Waals surface area contributed by atoms with Gasteiger partial charge in [0.1, 0.15) is 0 Å². The van der Waals surface area contributed by atoms with Gasteiger partial charge in [-0.25, -0.2) is 4.98 Å². The minimum atomic E-state index is -0.00508. The molecule has 2 rings (SSSR count). The third-order valence-electron chi connectivity index (χ3n) is 2.56. The van der Waals surface area contributed by atoms with Crippen molar-refractivity contribution in [3.05, 3.63) is 10.6 Å². The Kier molecular flexibility index (Phi) is 3.02. The van der Waals surface area contributed by atoms with Crippen molar-refractivity contribution < 1.29 is 9.53 Å². The maximum Gasteiger partial charge on any atom is 0.231 e. The van der Waals surface area contributed by atoms with Gasteiger partial charge in [0.05, 0.1) is 18.2 Å². The molecule has 1 atom stereocenters. The quantitative estimate of drug-likeness (QED) is 0.835. The van der Waals surface area contributed by atoms with Gasteiger partial charge in [-0.2, -0.15) is 0 Å². The normalized spacial score (nSPS) is 20.5. The van der Waals surface area contributed by atoms with Crippen molar-refractivity contribution in [1.82, 2.24) is 4.98 Å². The van der Waals surface area contributed by atoms with Crippen LogP contribution in [0.2, 0.25) is 0 Å². The van der Waals surface area contributed by atoms with E-state index in [-0.39, 0.29) is 11.8 Å². The molecule has 1 aliphatic rings. The molecule has 15 heavy (non-hydrogen) atoms. The van der Waals surface area contributed by atoms with Gasteiger partial charge in [0.15, 0.2) is 5.13 Å². The fourth-order valence-electron chi connectivity index (χ4n) is 1.47. The molecule has 0 spiro atoms. The van der Waals surface area contributed by atoms with Crippen LogP contribution in [0, 0.1) is 19.8 Å². The molecular weight excluding hydrogens is 212 g/mol. The summed E-state index contributed by atoms with van der Waals surface area (Å²) in [7, 11) is 0. The first kappa shape index (κ1) is 10.6. The van der Waals surface area contributed by atoms with Crippen molar-refractivity contribution in [2.45, 2.75) is 20.3 Å². The number of nitrogens with zero attached hydrogens (tertiary/aromatic N) is 1. The molecular formula is C10H14N2O2S. The minimum absolute atomic E-state index is 0.00508. The summed E-state index contributed by atoms with van der Waals surface area (Å²) in [5, 5.41) is 3.53. The number of thiazole rings is 1. The van der Waals surface area contributed by atoms with Gasteiger partial charge in [-0.15, -0.1) is 11.3 Å². The summed E-state index contributed by atoms with van der Waals surface area (Å²) in [5.41, 5.74) is 0.984. The third kappa shape index (κ3) is 2.35. The molecule has 1 amide bonds. The first-order valence-corrected chi connectivity index (χ1v) is 5.81. The third-order valence-corrected chi connectivity index (χ3v) is 3.55. The lowest BCUT2D eigenvalue weighted by Crippen LogP contribution is -2.22. The smallest absolute Gasteiger partial charge is 0.231 e. The lowest BCUT2D eigenvalue weighted by atomic mass is 10.1. The Morgan fingerprint density at radius 2 is 2.40 bits per heavy atom. The molecule has 82 valence electrons. The first-order chi connectivity index (χ1) is 7.16. The van der Waals surface area contributed by atoms with Crippen LogP contribution >= 0.6 is 11.3 Å². The maximum absolute atomic E-state index is 11.7. The topological polar surface area (TPSA) is 51.2 Å². The Morgan fingerprint density at radius 1 is 1.60 bits per heavy atom. The summed E-state index contributed by atoms with van der Waals surface area (Å²) in [4.78, 5) is 17.1. The zero-order valence-electron chi connectivity index (χ0n) is 8.87. The Bertz CT molecular complexity index is 350. The van der Waals surface area contributed by atoms with Crippen molar-refractivity contribution in [2.24, 2.45) is 5.92 Å². The number of hydrogen-bond acceptors (Lipinski definition) is 4. The highest BCUT2D eigenvalue weighted by atomic mass is 32.1. The highest BCUT2D eigenvalue weighted by molar-refractivity contribution is 7.15. The fraction of sp³-hybridized carbons (Fsp3) is 0.600. The molecule has 0 saturated carbocycles. The minimum Gasteiger partial charge on any atom is -0.381 e. The second kappa shape index (κ2) is 4.28. The largest absolute Gasteiger partial charge is 0.381 e. The van der Waals surface area contributed by atoms with Crippen LogP contribution in [0.1, 0.15) is 17.0 Å². The molecule has 0 aromatic carbocycles. The molecule has 4 nitrogen and oxygen atoms in total. The Morgan fingerprint density at radius 3 is 2.93 bits per heavy atom. The highest BCUT2D eigenvalue weighted by Gasteiger charge is 2.24. The summed E-state index contributed by atoms with van der Waals surface area (Å²) in [6, 6.07) is 0. The zero-order valence-corrected chi connectivity index (χ0v) is 9.69. The molecule has 1 unspecified atom stereocenters. The van der Waals surface area contributed by atoms with Gasteiger partial charge in [-0.1, -0.05) is 0 Å². The van der Waals surface area contributed by atoms with Crippen LogP contribution < -0.4 is 5.32 Å². The lowest BCUT2D eigenvalue weighted by Gasteiger charge is -2.05. The van der Waals surface area contributed by atoms with E-state index >= 15 is 0 Å². The van der Waals surface area contributed by atoms with E-state index in [0.29, 0.717) is 18.3 Å². The number of ether oxygens (including phenoxy) is 1. The van der Waals surface area contributed by atoms with Crippen molar-refractivity contribution in [3.8, 4) is 0 Å². The van der Waals surface area contributed by atoms with Crippen LogP contribution in [0.5, 0.6) is 0 Å². The monoisotopic (exact) mass is 226 g/mol. The summed E-state index contributed by atoms with van der Waals surface area (Å²) in [6.45, 7) is 5.17. The van der Waals surface area contributed by atoms with Gasteiger partial charge in [0.2, 0.25) is 5.91 Å². The molecule has 0 bridgehead atoms. The highest BCUT2D eigenvalue weighted by Crippen LogP contribution is 2.22. The Hall–Kier alpha value is -0.940. The van der Waals surface area contributed by atoms with E-state index in [0.717, 1.165) is 17.0 Å². The molecule has 1 saturated heterocycles. The fourth-order valence-corrected chi connectivity index (χ4v) is 2.29. The van der Waals surface area contributed by atoms with Gasteiger partial charge in [0, 0.05) is 11.5 Å². The van der Waals surface area contributed by atoms with Crippen LogP contribution in [-0.2, 0) is 9.53 Å². The second-order valence-electron chi connectivity index (χ2n) is 3.71. The van der Waals surface area contributed by atoms with E-state index in [1.54, 1.807) is 0 Å². The number of aryl methyl sites for hydroxylation is 2. The zero-order chi connectivity index (χ0) is 10.8. The summed E-state index contributed by atoms with van der Waals surface area (Å²) < 4.78 is 5.17. The van der Waals surface area contributed by atoms with E-state index in [2.05, 4.69) is 10.3 Å². The van der Waals surface area contributed by atoms with Crippen LogP contribution in [0.4, 0.5) is 5.13 Å². The van der Waals surface area contributed by atoms with Crippen molar-refractivity contribution in [3.63, 3.8) is 0 Å². The number of rotatable bonds is 2. The number of carbonyl (C=O) groups is 1. The van der Waals surface area contributed by atoms with Crippen LogP contribution in [0.15, 0.2) is 0 Å². The maximum atomic E-state index is 11.7. The standard InChI is InChI=1S/C10H14N2O2S/c1-6-7(2)15-10(11-6)12-9(13)8-3-4-14-5-8/h8H,3-5H2,1-2H3,(H,11,12,13). The van der Waals surface area contributed by atoms with Gasteiger partial charge in [0.25, 0.3) is 0 Å². The Balaban J connectivity index is 1.99. The second-order valence-corrected chi connectivity index (χ2v) is 4.91. The van der Waals surface area contributed by atoms with Crippen LogP contribution in [0.25, 0.3) is 0 Å². The molecule has 1 N–H and O–H groups in total.